The molecule has 0 radical (unpaired) electrons. The highest BCUT2D eigenvalue weighted by Crippen LogP contribution is 2.38. The van der Waals surface area contributed by atoms with Crippen LogP contribution in [0.1, 0.15) is 37.8 Å². The lowest BCUT2D eigenvalue weighted by atomic mass is 9.71. The minimum Gasteiger partial charge on any atom is -0.320 e. The number of likely N-dealkylation sites (N-methyl/N-ethyl adjacent to an activating group) is 1. The third kappa shape index (κ3) is 2.47. The van der Waals surface area contributed by atoms with Crippen LogP contribution < -0.4 is 5.73 Å². The number of benzene rings is 1. The van der Waals surface area contributed by atoms with Gasteiger partial charge in [0.1, 0.15) is 0 Å². The molecule has 0 saturated heterocycles. The summed E-state index contributed by atoms with van der Waals surface area (Å²) in [7, 11) is 0. The molecule has 0 fully saturated rings. The Labute approximate surface area is 117 Å². The fourth-order valence-corrected chi connectivity index (χ4v) is 3.58. The minimum absolute atomic E-state index is 0.289. The molecule has 2 atom stereocenters. The zero-order chi connectivity index (χ0) is 13.9. The van der Waals surface area contributed by atoms with Crippen molar-refractivity contribution in [3.05, 3.63) is 48.0 Å². The van der Waals surface area contributed by atoms with Crippen LogP contribution in [0.15, 0.2) is 36.9 Å². The molecule has 0 bridgehead atoms. The maximum atomic E-state index is 6.86. The molecule has 0 amide bonds. The van der Waals surface area contributed by atoms with Gasteiger partial charge in [-0.3, -0.25) is 4.90 Å². The van der Waals surface area contributed by atoms with Crippen molar-refractivity contribution in [2.45, 2.75) is 44.7 Å². The minimum atomic E-state index is -0.289. The number of nitrogens with zero attached hydrogens (tertiary/aromatic N) is 1. The number of fused-ring (bicyclic) bond motifs is 1. The van der Waals surface area contributed by atoms with E-state index in [0.29, 0.717) is 6.04 Å². The van der Waals surface area contributed by atoms with Crippen LogP contribution in [0.3, 0.4) is 0 Å². The molecule has 1 aromatic rings. The van der Waals surface area contributed by atoms with Gasteiger partial charge in [-0.05, 0) is 43.5 Å². The largest absolute Gasteiger partial charge is 0.320 e. The van der Waals surface area contributed by atoms with Gasteiger partial charge in [0.2, 0.25) is 0 Å². The Morgan fingerprint density at radius 3 is 2.68 bits per heavy atom. The van der Waals surface area contributed by atoms with Crippen LogP contribution >= 0.6 is 0 Å². The van der Waals surface area contributed by atoms with Gasteiger partial charge in [0, 0.05) is 6.04 Å². The molecule has 0 aliphatic heterocycles. The third-order valence-corrected chi connectivity index (χ3v) is 4.54. The summed E-state index contributed by atoms with van der Waals surface area (Å²) in [4.78, 5) is 2.50. The average Bonchev–Trinajstić information content (AvgIpc) is 2.43. The van der Waals surface area contributed by atoms with Gasteiger partial charge in [-0.1, -0.05) is 44.2 Å². The zero-order valence-electron chi connectivity index (χ0n) is 12.2. The predicted octanol–water partition coefficient (Wildman–Crippen LogP) is 3.07. The first-order valence-corrected chi connectivity index (χ1v) is 7.39. The number of hydrogen-bond donors (Lipinski definition) is 1. The maximum absolute atomic E-state index is 6.86. The van der Waals surface area contributed by atoms with Gasteiger partial charge in [0.15, 0.2) is 0 Å². The number of rotatable bonds is 5. The molecule has 104 valence electrons. The van der Waals surface area contributed by atoms with Crippen molar-refractivity contribution in [3.8, 4) is 0 Å². The molecule has 1 aromatic carbocycles. The van der Waals surface area contributed by atoms with E-state index in [2.05, 4.69) is 49.6 Å². The van der Waals surface area contributed by atoms with Gasteiger partial charge in [-0.15, -0.1) is 6.58 Å². The van der Waals surface area contributed by atoms with Crippen LogP contribution in [0.2, 0.25) is 0 Å². The summed E-state index contributed by atoms with van der Waals surface area (Å²) in [6.07, 6.45) is 5.08. The second-order valence-corrected chi connectivity index (χ2v) is 5.47. The zero-order valence-corrected chi connectivity index (χ0v) is 12.2. The van der Waals surface area contributed by atoms with E-state index < -0.39 is 0 Å². The topological polar surface area (TPSA) is 29.3 Å². The molecule has 0 heterocycles. The van der Waals surface area contributed by atoms with Crippen molar-refractivity contribution in [2.75, 3.05) is 13.1 Å². The number of aryl methyl sites for hydroxylation is 1. The van der Waals surface area contributed by atoms with Gasteiger partial charge in [-0.2, -0.15) is 0 Å². The lowest BCUT2D eigenvalue weighted by Gasteiger charge is -2.47. The Balaban J connectivity index is 2.45. The molecule has 1 aliphatic rings. The summed E-state index contributed by atoms with van der Waals surface area (Å²) in [6.45, 7) is 10.5. The molecule has 0 spiro atoms. The van der Waals surface area contributed by atoms with Crippen molar-refractivity contribution in [3.63, 3.8) is 0 Å². The highest BCUT2D eigenvalue weighted by molar-refractivity contribution is 5.38. The van der Waals surface area contributed by atoms with E-state index in [1.807, 2.05) is 6.08 Å². The Morgan fingerprint density at radius 2 is 2.05 bits per heavy atom. The van der Waals surface area contributed by atoms with Crippen LogP contribution in [0.5, 0.6) is 0 Å². The molecule has 2 N–H and O–H groups in total. The standard InChI is InChI=1S/C17H26N2/c1-4-13-17(18)15-10-8-7-9-14(15)11-12-16(17)19(5-2)6-3/h4,7-10,16H,1,5-6,11-13,18H2,2-3H3. The smallest absolute Gasteiger partial charge is 0.0604 e. The molecule has 1 aliphatic carbocycles. The van der Waals surface area contributed by atoms with E-state index in [0.717, 1.165) is 32.4 Å². The van der Waals surface area contributed by atoms with Crippen molar-refractivity contribution in [2.24, 2.45) is 5.73 Å². The Kier molecular flexibility index (Phi) is 4.43. The second kappa shape index (κ2) is 5.89. The summed E-state index contributed by atoms with van der Waals surface area (Å²) >= 11 is 0. The first-order chi connectivity index (χ1) is 9.17. The van der Waals surface area contributed by atoms with Crippen molar-refractivity contribution >= 4 is 0 Å². The van der Waals surface area contributed by atoms with E-state index in [1.54, 1.807) is 0 Å². The third-order valence-electron chi connectivity index (χ3n) is 4.54. The molecule has 0 saturated carbocycles. The fourth-order valence-electron chi connectivity index (χ4n) is 3.58. The van der Waals surface area contributed by atoms with E-state index in [-0.39, 0.29) is 5.54 Å². The Hall–Kier alpha value is -1.12. The van der Waals surface area contributed by atoms with E-state index >= 15 is 0 Å². The van der Waals surface area contributed by atoms with Gasteiger partial charge >= 0.3 is 0 Å². The van der Waals surface area contributed by atoms with E-state index in [1.165, 1.54) is 11.1 Å². The Bertz CT molecular complexity index is 437. The summed E-state index contributed by atoms with van der Waals surface area (Å²) < 4.78 is 0. The number of nitrogens with two attached hydrogens (primary N) is 1. The van der Waals surface area contributed by atoms with Crippen LogP contribution in [0.4, 0.5) is 0 Å². The van der Waals surface area contributed by atoms with Gasteiger partial charge < -0.3 is 5.73 Å². The highest BCUT2D eigenvalue weighted by Gasteiger charge is 2.42. The normalized spacial score (nSPS) is 26.2. The molecular formula is C17H26N2. The molecule has 2 unspecified atom stereocenters. The molecule has 19 heavy (non-hydrogen) atoms. The van der Waals surface area contributed by atoms with Crippen molar-refractivity contribution in [1.29, 1.82) is 0 Å². The molecule has 2 heteroatoms. The van der Waals surface area contributed by atoms with Crippen molar-refractivity contribution in [1.82, 2.24) is 4.90 Å². The quantitative estimate of drug-likeness (QED) is 0.822. The first kappa shape index (κ1) is 14.3. The van der Waals surface area contributed by atoms with Crippen LogP contribution in [-0.4, -0.2) is 24.0 Å². The summed E-state index contributed by atoms with van der Waals surface area (Å²) in [5.74, 6) is 0. The summed E-state index contributed by atoms with van der Waals surface area (Å²) in [5.41, 5.74) is 9.31. The van der Waals surface area contributed by atoms with E-state index in [9.17, 15) is 0 Å². The first-order valence-electron chi connectivity index (χ1n) is 7.39. The van der Waals surface area contributed by atoms with Gasteiger partial charge in [0.05, 0.1) is 5.54 Å². The van der Waals surface area contributed by atoms with Gasteiger partial charge in [0.25, 0.3) is 0 Å². The summed E-state index contributed by atoms with van der Waals surface area (Å²) in [5, 5.41) is 0. The lowest BCUT2D eigenvalue weighted by molar-refractivity contribution is 0.112. The molecule has 0 aromatic heterocycles. The SMILES string of the molecule is C=CCC1(N)c2ccccc2CCC1N(CC)CC. The molecule has 2 nitrogen and oxygen atoms in total. The lowest BCUT2D eigenvalue weighted by Crippen LogP contribution is -2.58. The van der Waals surface area contributed by atoms with Crippen LogP contribution in [-0.2, 0) is 12.0 Å². The maximum Gasteiger partial charge on any atom is 0.0604 e. The fraction of sp³-hybridized carbons (Fsp3) is 0.529. The van der Waals surface area contributed by atoms with Crippen LogP contribution in [0, 0.1) is 0 Å². The van der Waals surface area contributed by atoms with Crippen molar-refractivity contribution < 1.29 is 0 Å². The summed E-state index contributed by atoms with van der Waals surface area (Å²) in [6, 6.07) is 9.06. The van der Waals surface area contributed by atoms with Crippen LogP contribution in [0.25, 0.3) is 0 Å². The van der Waals surface area contributed by atoms with Gasteiger partial charge in [-0.25, -0.2) is 0 Å². The second-order valence-electron chi connectivity index (χ2n) is 5.47. The predicted molar refractivity (Wildman–Crippen MR) is 82.2 cm³/mol. The molecular weight excluding hydrogens is 232 g/mol. The highest BCUT2D eigenvalue weighted by atomic mass is 15.2. The number of hydrogen-bond acceptors (Lipinski definition) is 2. The molecule has 2 rings (SSSR count). The average molecular weight is 258 g/mol. The monoisotopic (exact) mass is 258 g/mol. The Morgan fingerprint density at radius 1 is 1.37 bits per heavy atom. The van der Waals surface area contributed by atoms with E-state index in [4.69, 9.17) is 5.73 Å².